The molecular formula is C14H28N4O. The first-order valence-corrected chi connectivity index (χ1v) is 7.56. The number of primary amides is 1. The summed E-state index contributed by atoms with van der Waals surface area (Å²) in [6.07, 6.45) is 4.05. The van der Waals surface area contributed by atoms with Gasteiger partial charge in [0, 0.05) is 32.2 Å². The second kappa shape index (κ2) is 6.20. The molecule has 1 heterocycles. The molecule has 0 aromatic heterocycles. The zero-order chi connectivity index (χ0) is 13.9. The van der Waals surface area contributed by atoms with Gasteiger partial charge in [0.2, 0.25) is 5.91 Å². The smallest absolute Gasteiger partial charge is 0.237 e. The van der Waals surface area contributed by atoms with E-state index in [1.165, 1.54) is 13.0 Å². The Hall–Kier alpha value is -0.650. The van der Waals surface area contributed by atoms with Gasteiger partial charge in [-0.3, -0.25) is 9.69 Å². The number of carbonyl (C=O) groups is 1. The highest BCUT2D eigenvalue weighted by Gasteiger charge is 2.44. The van der Waals surface area contributed by atoms with Crippen molar-refractivity contribution in [2.24, 2.45) is 5.73 Å². The zero-order valence-corrected chi connectivity index (χ0v) is 12.3. The molecule has 110 valence electrons. The number of nitrogens with zero attached hydrogens (tertiary/aromatic N) is 2. The summed E-state index contributed by atoms with van der Waals surface area (Å²) in [6, 6.07) is 0.517. The van der Waals surface area contributed by atoms with Gasteiger partial charge in [-0.25, -0.2) is 0 Å². The van der Waals surface area contributed by atoms with E-state index in [0.29, 0.717) is 6.04 Å². The third-order valence-electron chi connectivity index (χ3n) is 4.90. The van der Waals surface area contributed by atoms with Gasteiger partial charge in [0.05, 0.1) is 5.54 Å². The molecule has 0 bridgehead atoms. The Morgan fingerprint density at radius 2 is 2.05 bits per heavy atom. The number of nitrogens with two attached hydrogens (primary N) is 1. The van der Waals surface area contributed by atoms with E-state index in [4.69, 9.17) is 5.73 Å². The molecular weight excluding hydrogens is 240 g/mol. The maximum atomic E-state index is 11.7. The minimum absolute atomic E-state index is 0.192. The molecule has 2 unspecified atom stereocenters. The molecule has 5 nitrogen and oxygen atoms in total. The first-order chi connectivity index (χ1) is 9.11. The lowest BCUT2D eigenvalue weighted by Crippen LogP contribution is -2.54. The van der Waals surface area contributed by atoms with Gasteiger partial charge in [-0.1, -0.05) is 6.92 Å². The molecule has 0 radical (unpaired) electrons. The Balaban J connectivity index is 1.87. The maximum Gasteiger partial charge on any atom is 0.237 e. The van der Waals surface area contributed by atoms with Crippen molar-refractivity contribution in [3.05, 3.63) is 0 Å². The van der Waals surface area contributed by atoms with Crippen LogP contribution in [0.25, 0.3) is 0 Å². The van der Waals surface area contributed by atoms with E-state index < -0.39 is 5.54 Å². The average molecular weight is 268 g/mol. The van der Waals surface area contributed by atoms with Crippen LogP contribution >= 0.6 is 0 Å². The summed E-state index contributed by atoms with van der Waals surface area (Å²) in [5, 5.41) is 3.16. The second-order valence-electron chi connectivity index (χ2n) is 5.97. The fourth-order valence-electron chi connectivity index (χ4n) is 3.57. The quantitative estimate of drug-likeness (QED) is 0.737. The van der Waals surface area contributed by atoms with Gasteiger partial charge in [-0.05, 0) is 39.3 Å². The van der Waals surface area contributed by atoms with Crippen LogP contribution in [0.2, 0.25) is 0 Å². The molecule has 2 rings (SSSR count). The monoisotopic (exact) mass is 268 g/mol. The fourth-order valence-corrected chi connectivity index (χ4v) is 3.57. The Labute approximate surface area is 116 Å². The van der Waals surface area contributed by atoms with Crippen molar-refractivity contribution < 1.29 is 4.79 Å². The van der Waals surface area contributed by atoms with Crippen LogP contribution in [0, 0.1) is 0 Å². The molecule has 0 spiro atoms. The number of hydrogen-bond acceptors (Lipinski definition) is 4. The maximum absolute atomic E-state index is 11.7. The lowest BCUT2D eigenvalue weighted by molar-refractivity contribution is -0.124. The van der Waals surface area contributed by atoms with Crippen LogP contribution in [0.4, 0.5) is 0 Å². The Kier molecular flexibility index (Phi) is 4.81. The van der Waals surface area contributed by atoms with E-state index in [-0.39, 0.29) is 5.91 Å². The van der Waals surface area contributed by atoms with Crippen LogP contribution in [0.5, 0.6) is 0 Å². The van der Waals surface area contributed by atoms with Crippen molar-refractivity contribution in [2.45, 2.75) is 44.2 Å². The van der Waals surface area contributed by atoms with Gasteiger partial charge >= 0.3 is 0 Å². The minimum atomic E-state index is -0.467. The molecule has 0 aromatic carbocycles. The highest BCUT2D eigenvalue weighted by Crippen LogP contribution is 2.33. The molecule has 2 aliphatic rings. The van der Waals surface area contributed by atoms with Gasteiger partial charge in [0.15, 0.2) is 0 Å². The summed E-state index contributed by atoms with van der Waals surface area (Å²) >= 11 is 0. The number of hydrogen-bond donors (Lipinski definition) is 2. The van der Waals surface area contributed by atoms with E-state index >= 15 is 0 Å². The van der Waals surface area contributed by atoms with E-state index in [9.17, 15) is 4.79 Å². The predicted molar refractivity (Wildman–Crippen MR) is 76.9 cm³/mol. The van der Waals surface area contributed by atoms with Gasteiger partial charge in [0.25, 0.3) is 0 Å². The fraction of sp³-hybridized carbons (Fsp3) is 0.929. The standard InChI is InChI=1S/C14H28N4O/c1-3-6-17-7-9-18(10-8-17)12-4-5-14(11-12,16-2)13(15)19/h12,16H,3-11H2,1-2H3,(H2,15,19). The van der Waals surface area contributed by atoms with Gasteiger partial charge in [-0.2, -0.15) is 0 Å². The average Bonchev–Trinajstić information content (AvgIpc) is 2.86. The summed E-state index contributed by atoms with van der Waals surface area (Å²) in [5.74, 6) is -0.192. The predicted octanol–water partition coefficient (Wildman–Crippen LogP) is 0.0100. The molecule has 3 N–H and O–H groups in total. The van der Waals surface area contributed by atoms with Crippen molar-refractivity contribution >= 4 is 5.91 Å². The number of carbonyl (C=O) groups excluding carboxylic acids is 1. The number of rotatable bonds is 5. The molecule has 1 aliphatic carbocycles. The lowest BCUT2D eigenvalue weighted by atomic mass is 9.96. The van der Waals surface area contributed by atoms with Gasteiger partial charge in [-0.15, -0.1) is 0 Å². The number of amides is 1. The highest BCUT2D eigenvalue weighted by atomic mass is 16.1. The van der Waals surface area contributed by atoms with Crippen LogP contribution in [0.15, 0.2) is 0 Å². The normalized spacial score (nSPS) is 33.7. The number of nitrogens with one attached hydrogen (secondary N) is 1. The first kappa shape index (κ1) is 14.8. The first-order valence-electron chi connectivity index (χ1n) is 7.56. The van der Waals surface area contributed by atoms with E-state index in [1.54, 1.807) is 0 Å². The topological polar surface area (TPSA) is 61.6 Å². The van der Waals surface area contributed by atoms with E-state index in [0.717, 1.165) is 45.4 Å². The third-order valence-corrected chi connectivity index (χ3v) is 4.90. The molecule has 1 aliphatic heterocycles. The molecule has 2 fully saturated rings. The SMILES string of the molecule is CCCN1CCN(C2CCC(NC)(C(N)=O)C2)CC1. The van der Waals surface area contributed by atoms with Crippen LogP contribution in [0.3, 0.4) is 0 Å². The van der Waals surface area contributed by atoms with Crippen LogP contribution in [0.1, 0.15) is 32.6 Å². The summed E-state index contributed by atoms with van der Waals surface area (Å²) in [7, 11) is 1.85. The van der Waals surface area contributed by atoms with E-state index in [2.05, 4.69) is 22.0 Å². The lowest BCUT2D eigenvalue weighted by Gasteiger charge is -2.38. The van der Waals surface area contributed by atoms with Crippen molar-refractivity contribution in [2.75, 3.05) is 39.8 Å². The number of piperazine rings is 1. The number of likely N-dealkylation sites (N-methyl/N-ethyl adjacent to an activating group) is 1. The summed E-state index contributed by atoms with van der Waals surface area (Å²) in [4.78, 5) is 16.7. The third kappa shape index (κ3) is 3.09. The van der Waals surface area contributed by atoms with Crippen LogP contribution < -0.4 is 11.1 Å². The van der Waals surface area contributed by atoms with Gasteiger partial charge in [0.1, 0.15) is 0 Å². The zero-order valence-electron chi connectivity index (χ0n) is 12.3. The van der Waals surface area contributed by atoms with Crippen LogP contribution in [-0.4, -0.2) is 67.1 Å². The van der Waals surface area contributed by atoms with Gasteiger partial charge < -0.3 is 16.0 Å². The Morgan fingerprint density at radius 1 is 1.37 bits per heavy atom. The molecule has 19 heavy (non-hydrogen) atoms. The van der Waals surface area contributed by atoms with Crippen molar-refractivity contribution in [3.8, 4) is 0 Å². The minimum Gasteiger partial charge on any atom is -0.368 e. The molecule has 2 atom stereocenters. The van der Waals surface area contributed by atoms with Crippen molar-refractivity contribution in [1.29, 1.82) is 0 Å². The van der Waals surface area contributed by atoms with E-state index in [1.807, 2.05) is 7.05 Å². The molecule has 5 heteroatoms. The van der Waals surface area contributed by atoms with Crippen LogP contribution in [-0.2, 0) is 4.79 Å². The molecule has 1 saturated heterocycles. The highest BCUT2D eigenvalue weighted by molar-refractivity contribution is 5.85. The molecule has 0 aromatic rings. The van der Waals surface area contributed by atoms with Crippen molar-refractivity contribution in [3.63, 3.8) is 0 Å². The summed E-state index contributed by atoms with van der Waals surface area (Å²) in [6.45, 7) is 8.02. The molecule has 1 saturated carbocycles. The Morgan fingerprint density at radius 3 is 2.53 bits per heavy atom. The molecule has 1 amide bonds. The largest absolute Gasteiger partial charge is 0.368 e. The summed E-state index contributed by atoms with van der Waals surface area (Å²) in [5.41, 5.74) is 5.10. The van der Waals surface area contributed by atoms with Crippen molar-refractivity contribution in [1.82, 2.24) is 15.1 Å². The summed E-state index contributed by atoms with van der Waals surface area (Å²) < 4.78 is 0. The Bertz CT molecular complexity index is 315. The second-order valence-corrected chi connectivity index (χ2v) is 5.97.